The summed E-state index contributed by atoms with van der Waals surface area (Å²) in [6.07, 6.45) is 1.87. The van der Waals surface area contributed by atoms with Gasteiger partial charge in [-0.2, -0.15) is 5.11 Å². The Balaban J connectivity index is 1.55. The molecule has 0 fully saturated rings. The van der Waals surface area contributed by atoms with Gasteiger partial charge in [-0.05, 0) is 91.0 Å². The maximum absolute atomic E-state index is 11.8. The highest BCUT2D eigenvalue weighted by molar-refractivity contribution is 5.97. The number of anilines is 1. The number of nitrogens with zero attached hydrogens (tertiary/aromatic N) is 4. The summed E-state index contributed by atoms with van der Waals surface area (Å²) in [4.78, 5) is 18.6. The molecule has 6 heteroatoms. The van der Waals surface area contributed by atoms with Gasteiger partial charge in [-0.25, -0.2) is 4.79 Å². The standard InChI is InChI=1S/C29H28N4O2/c1-5-35-29(34)22-9-11-23(12-10-22)31-32-28-17-6-20(2)27-18-24(13-16-26(27)28)30-19-21-7-14-25(15-8-21)33(3)4/h6-19H,5H2,1-4H3/b30-19+,32-31?. The van der Waals surface area contributed by atoms with Crippen molar-refractivity contribution >= 4 is 45.7 Å². The molecular formula is C29H28N4O2. The minimum Gasteiger partial charge on any atom is -0.462 e. The Morgan fingerprint density at radius 3 is 2.26 bits per heavy atom. The molecule has 0 spiro atoms. The lowest BCUT2D eigenvalue weighted by Crippen LogP contribution is -2.08. The zero-order valence-electron chi connectivity index (χ0n) is 20.4. The Hall–Kier alpha value is -4.32. The van der Waals surface area contributed by atoms with Crippen molar-refractivity contribution < 1.29 is 9.53 Å². The first kappa shape index (κ1) is 23.8. The first-order valence-electron chi connectivity index (χ1n) is 11.5. The fraction of sp³-hybridized carbons (Fsp3) is 0.172. The SMILES string of the molecule is CCOC(=O)c1ccc(N=Nc2ccc(C)c3cc(/N=C/c4ccc(N(C)C)cc4)ccc23)cc1. The van der Waals surface area contributed by atoms with Crippen molar-refractivity contribution in [2.45, 2.75) is 13.8 Å². The minimum atomic E-state index is -0.343. The number of aryl methyl sites for hydroxylation is 1. The van der Waals surface area contributed by atoms with Gasteiger partial charge in [-0.3, -0.25) is 4.99 Å². The molecule has 4 aromatic carbocycles. The van der Waals surface area contributed by atoms with Crippen molar-refractivity contribution in [1.82, 2.24) is 0 Å². The van der Waals surface area contributed by atoms with Crippen molar-refractivity contribution in [2.75, 3.05) is 25.6 Å². The third kappa shape index (κ3) is 5.79. The molecule has 0 aliphatic carbocycles. The number of carbonyl (C=O) groups excluding carboxylic acids is 1. The second-order valence-electron chi connectivity index (χ2n) is 8.34. The lowest BCUT2D eigenvalue weighted by molar-refractivity contribution is 0.0526. The quantitative estimate of drug-likeness (QED) is 0.161. The Bertz CT molecular complexity index is 1390. The number of rotatable bonds is 7. The van der Waals surface area contributed by atoms with Crippen LogP contribution in [0.5, 0.6) is 0 Å². The summed E-state index contributed by atoms with van der Waals surface area (Å²) in [5, 5.41) is 10.9. The van der Waals surface area contributed by atoms with Gasteiger partial charge in [0.15, 0.2) is 0 Å². The lowest BCUT2D eigenvalue weighted by atomic mass is 10.0. The molecule has 0 saturated heterocycles. The normalized spacial score (nSPS) is 11.4. The molecule has 4 aromatic rings. The molecule has 0 radical (unpaired) electrons. The Labute approximate surface area is 205 Å². The van der Waals surface area contributed by atoms with Crippen LogP contribution >= 0.6 is 0 Å². The summed E-state index contributed by atoms with van der Waals surface area (Å²) < 4.78 is 5.02. The minimum absolute atomic E-state index is 0.343. The Kier molecular flexibility index (Phi) is 7.31. The molecule has 176 valence electrons. The zero-order valence-corrected chi connectivity index (χ0v) is 20.4. The Morgan fingerprint density at radius 2 is 1.57 bits per heavy atom. The first-order valence-corrected chi connectivity index (χ1v) is 11.5. The third-order valence-electron chi connectivity index (χ3n) is 5.62. The maximum atomic E-state index is 11.8. The van der Waals surface area contributed by atoms with Crippen LogP contribution < -0.4 is 4.90 Å². The van der Waals surface area contributed by atoms with Gasteiger partial charge in [-0.15, -0.1) is 5.11 Å². The van der Waals surface area contributed by atoms with E-state index < -0.39 is 0 Å². The van der Waals surface area contributed by atoms with Crippen molar-refractivity contribution in [3.8, 4) is 0 Å². The molecule has 4 rings (SSSR count). The first-order chi connectivity index (χ1) is 16.9. The van der Waals surface area contributed by atoms with Crippen LogP contribution in [0.4, 0.5) is 22.7 Å². The van der Waals surface area contributed by atoms with E-state index in [1.54, 1.807) is 31.2 Å². The van der Waals surface area contributed by atoms with Crippen LogP contribution in [0.15, 0.2) is 94.1 Å². The van der Waals surface area contributed by atoms with E-state index in [1.165, 1.54) is 0 Å². The monoisotopic (exact) mass is 464 g/mol. The molecule has 35 heavy (non-hydrogen) atoms. The van der Waals surface area contributed by atoms with E-state index in [0.717, 1.165) is 39.0 Å². The second-order valence-corrected chi connectivity index (χ2v) is 8.34. The van der Waals surface area contributed by atoms with Crippen molar-refractivity contribution in [3.05, 3.63) is 95.6 Å². The predicted octanol–water partition coefficient (Wildman–Crippen LogP) is 7.56. The van der Waals surface area contributed by atoms with Crippen LogP contribution in [0.25, 0.3) is 10.8 Å². The number of ether oxygens (including phenoxy) is 1. The summed E-state index contributed by atoms with van der Waals surface area (Å²) in [5.41, 5.74) is 6.14. The number of azo groups is 1. The number of benzene rings is 4. The molecular weight excluding hydrogens is 436 g/mol. The van der Waals surface area contributed by atoms with Crippen LogP contribution in [-0.4, -0.2) is 32.9 Å². The van der Waals surface area contributed by atoms with Crippen LogP contribution in [0.2, 0.25) is 0 Å². The van der Waals surface area contributed by atoms with Crippen molar-refractivity contribution in [1.29, 1.82) is 0 Å². The van der Waals surface area contributed by atoms with Gasteiger partial charge in [0.05, 0.1) is 29.2 Å². The summed E-state index contributed by atoms with van der Waals surface area (Å²) in [5.74, 6) is -0.343. The van der Waals surface area contributed by atoms with Gasteiger partial charge in [0.2, 0.25) is 0 Å². The van der Waals surface area contributed by atoms with Gasteiger partial charge in [0.25, 0.3) is 0 Å². The number of esters is 1. The molecule has 0 N–H and O–H groups in total. The topological polar surface area (TPSA) is 66.6 Å². The van der Waals surface area contributed by atoms with Gasteiger partial charge < -0.3 is 9.64 Å². The zero-order chi connectivity index (χ0) is 24.8. The molecule has 0 aliphatic heterocycles. The predicted molar refractivity (Wildman–Crippen MR) is 143 cm³/mol. The fourth-order valence-corrected chi connectivity index (χ4v) is 3.63. The largest absolute Gasteiger partial charge is 0.462 e. The average molecular weight is 465 g/mol. The molecule has 0 atom stereocenters. The van der Waals surface area contributed by atoms with E-state index in [9.17, 15) is 4.79 Å². The van der Waals surface area contributed by atoms with Crippen LogP contribution in [0.3, 0.4) is 0 Å². The Morgan fingerprint density at radius 1 is 0.857 bits per heavy atom. The van der Waals surface area contributed by atoms with Gasteiger partial charge in [0.1, 0.15) is 0 Å². The second kappa shape index (κ2) is 10.7. The molecule has 0 aromatic heterocycles. The van der Waals surface area contributed by atoms with Gasteiger partial charge in [0, 0.05) is 31.4 Å². The fourth-order valence-electron chi connectivity index (χ4n) is 3.63. The number of carbonyl (C=O) groups is 1. The average Bonchev–Trinajstić information content (AvgIpc) is 2.88. The number of hydrogen-bond donors (Lipinski definition) is 0. The molecule has 0 saturated carbocycles. The highest BCUT2D eigenvalue weighted by atomic mass is 16.5. The van der Waals surface area contributed by atoms with E-state index in [4.69, 9.17) is 4.74 Å². The number of hydrogen-bond acceptors (Lipinski definition) is 6. The summed E-state index contributed by atoms with van der Waals surface area (Å²) in [6.45, 7) is 4.20. The van der Waals surface area contributed by atoms with E-state index in [2.05, 4.69) is 57.4 Å². The third-order valence-corrected chi connectivity index (χ3v) is 5.62. The molecule has 0 heterocycles. The van der Waals surface area contributed by atoms with Crippen LogP contribution in [0, 0.1) is 6.92 Å². The number of fused-ring (bicyclic) bond motifs is 1. The summed E-state index contributed by atoms with van der Waals surface area (Å²) in [6, 6.07) is 25.2. The van der Waals surface area contributed by atoms with E-state index in [1.807, 2.05) is 44.6 Å². The van der Waals surface area contributed by atoms with Gasteiger partial charge in [-0.1, -0.05) is 18.2 Å². The molecule has 0 aliphatic rings. The highest BCUT2D eigenvalue weighted by Crippen LogP contribution is 2.32. The van der Waals surface area contributed by atoms with Crippen LogP contribution in [0.1, 0.15) is 28.4 Å². The number of aliphatic imine (C=N–C) groups is 1. The van der Waals surface area contributed by atoms with Gasteiger partial charge >= 0.3 is 5.97 Å². The van der Waals surface area contributed by atoms with Crippen LogP contribution in [-0.2, 0) is 4.74 Å². The van der Waals surface area contributed by atoms with E-state index in [-0.39, 0.29) is 5.97 Å². The van der Waals surface area contributed by atoms with E-state index in [0.29, 0.717) is 17.9 Å². The molecule has 6 nitrogen and oxygen atoms in total. The summed E-state index contributed by atoms with van der Waals surface area (Å²) >= 11 is 0. The summed E-state index contributed by atoms with van der Waals surface area (Å²) in [7, 11) is 4.05. The molecule has 0 bridgehead atoms. The van der Waals surface area contributed by atoms with E-state index >= 15 is 0 Å². The van der Waals surface area contributed by atoms with Crippen molar-refractivity contribution in [2.24, 2.45) is 15.2 Å². The highest BCUT2D eigenvalue weighted by Gasteiger charge is 2.07. The lowest BCUT2D eigenvalue weighted by Gasteiger charge is -2.11. The van der Waals surface area contributed by atoms with Crippen molar-refractivity contribution in [3.63, 3.8) is 0 Å². The maximum Gasteiger partial charge on any atom is 0.338 e. The molecule has 0 amide bonds. The smallest absolute Gasteiger partial charge is 0.338 e. The molecule has 0 unspecified atom stereocenters.